The number of nitrogens with one attached hydrogen (secondary N) is 1. The number of amides is 1. The van der Waals surface area contributed by atoms with E-state index < -0.39 is 0 Å². The quantitative estimate of drug-likeness (QED) is 0.835. The van der Waals surface area contributed by atoms with Crippen molar-refractivity contribution in [3.05, 3.63) is 35.9 Å². The average molecular weight is 273 g/mol. The highest BCUT2D eigenvalue weighted by molar-refractivity contribution is 5.91. The maximum atomic E-state index is 11.8. The predicted octanol–water partition coefficient (Wildman–Crippen LogP) is 3.40. The summed E-state index contributed by atoms with van der Waals surface area (Å²) >= 11 is 0. The first-order valence-corrected chi connectivity index (χ1v) is 7.38. The Hall–Kier alpha value is -1.77. The van der Waals surface area contributed by atoms with E-state index >= 15 is 0 Å². The van der Waals surface area contributed by atoms with Crippen LogP contribution in [0, 0.1) is 5.92 Å². The summed E-state index contributed by atoms with van der Waals surface area (Å²) in [6.45, 7) is 0.807. The lowest BCUT2D eigenvalue weighted by Gasteiger charge is -2.21. The molecular weight excluding hydrogens is 250 g/mol. The van der Waals surface area contributed by atoms with Crippen LogP contribution in [0.4, 0.5) is 0 Å². The number of rotatable bonds is 5. The number of carbonyl (C=O) groups excluding carboxylic acids is 1. The van der Waals surface area contributed by atoms with Gasteiger partial charge in [-0.05, 0) is 42.5 Å². The number of methoxy groups -OCH3 is 1. The second-order valence-corrected chi connectivity index (χ2v) is 5.36. The molecule has 1 N–H and O–H groups in total. The Labute approximate surface area is 121 Å². The van der Waals surface area contributed by atoms with Crippen molar-refractivity contribution in [2.75, 3.05) is 13.7 Å². The van der Waals surface area contributed by atoms with Crippen molar-refractivity contribution in [1.29, 1.82) is 0 Å². The minimum atomic E-state index is -0.0154. The van der Waals surface area contributed by atoms with Crippen LogP contribution in [-0.4, -0.2) is 19.6 Å². The maximum Gasteiger partial charge on any atom is 0.244 e. The van der Waals surface area contributed by atoms with Crippen LogP contribution in [0.5, 0.6) is 5.75 Å². The van der Waals surface area contributed by atoms with Gasteiger partial charge in [0.05, 0.1) is 7.11 Å². The van der Waals surface area contributed by atoms with Gasteiger partial charge in [0.15, 0.2) is 0 Å². The van der Waals surface area contributed by atoms with E-state index in [2.05, 4.69) is 5.32 Å². The Balaban J connectivity index is 1.79. The molecule has 1 aromatic rings. The SMILES string of the molecule is COc1cccc(/C=C/C(=O)NCC2CCCCC2)c1. The summed E-state index contributed by atoms with van der Waals surface area (Å²) in [5.74, 6) is 1.45. The summed E-state index contributed by atoms with van der Waals surface area (Å²) in [4.78, 5) is 11.8. The third-order valence-electron chi connectivity index (χ3n) is 3.81. The van der Waals surface area contributed by atoms with E-state index in [9.17, 15) is 4.79 Å². The Morgan fingerprint density at radius 2 is 2.15 bits per heavy atom. The number of hydrogen-bond acceptors (Lipinski definition) is 2. The Bertz CT molecular complexity index is 462. The van der Waals surface area contributed by atoms with Gasteiger partial charge in [0.1, 0.15) is 5.75 Å². The summed E-state index contributed by atoms with van der Waals surface area (Å²) in [6.07, 6.45) is 9.87. The first-order chi connectivity index (χ1) is 9.78. The van der Waals surface area contributed by atoms with Gasteiger partial charge in [0.2, 0.25) is 5.91 Å². The van der Waals surface area contributed by atoms with Crippen molar-refractivity contribution in [1.82, 2.24) is 5.32 Å². The zero-order valence-corrected chi connectivity index (χ0v) is 12.1. The van der Waals surface area contributed by atoms with E-state index in [1.54, 1.807) is 13.2 Å². The fraction of sp³-hybridized carbons (Fsp3) is 0.471. The molecule has 20 heavy (non-hydrogen) atoms. The molecule has 1 fully saturated rings. The molecule has 3 nitrogen and oxygen atoms in total. The van der Waals surface area contributed by atoms with Crippen LogP contribution in [0.1, 0.15) is 37.7 Å². The van der Waals surface area contributed by atoms with Crippen LogP contribution < -0.4 is 10.1 Å². The molecule has 0 atom stereocenters. The zero-order chi connectivity index (χ0) is 14.2. The molecule has 0 aliphatic heterocycles. The monoisotopic (exact) mass is 273 g/mol. The number of carbonyl (C=O) groups is 1. The maximum absolute atomic E-state index is 11.8. The van der Waals surface area contributed by atoms with Crippen LogP contribution in [0.25, 0.3) is 6.08 Å². The molecule has 108 valence electrons. The van der Waals surface area contributed by atoms with Crippen LogP contribution >= 0.6 is 0 Å². The van der Waals surface area contributed by atoms with E-state index in [0.717, 1.165) is 17.9 Å². The predicted molar refractivity (Wildman–Crippen MR) is 81.6 cm³/mol. The zero-order valence-electron chi connectivity index (χ0n) is 12.1. The number of ether oxygens (including phenoxy) is 1. The van der Waals surface area contributed by atoms with Gasteiger partial charge >= 0.3 is 0 Å². The third-order valence-corrected chi connectivity index (χ3v) is 3.81. The lowest BCUT2D eigenvalue weighted by molar-refractivity contribution is -0.116. The van der Waals surface area contributed by atoms with Crippen LogP contribution in [0.15, 0.2) is 30.3 Å². The lowest BCUT2D eigenvalue weighted by Crippen LogP contribution is -2.28. The van der Waals surface area contributed by atoms with Crippen molar-refractivity contribution in [3.8, 4) is 5.75 Å². The van der Waals surface area contributed by atoms with Crippen molar-refractivity contribution in [2.45, 2.75) is 32.1 Å². The highest BCUT2D eigenvalue weighted by Crippen LogP contribution is 2.22. The molecule has 0 bridgehead atoms. The number of benzene rings is 1. The molecule has 0 radical (unpaired) electrons. The van der Waals surface area contributed by atoms with E-state index in [-0.39, 0.29) is 5.91 Å². The Morgan fingerprint density at radius 3 is 2.90 bits per heavy atom. The second kappa shape index (κ2) is 7.73. The van der Waals surface area contributed by atoms with Crippen molar-refractivity contribution in [3.63, 3.8) is 0 Å². The van der Waals surface area contributed by atoms with Gasteiger partial charge in [0.25, 0.3) is 0 Å². The largest absolute Gasteiger partial charge is 0.497 e. The molecule has 2 rings (SSSR count). The van der Waals surface area contributed by atoms with Crippen molar-refractivity contribution < 1.29 is 9.53 Å². The normalized spacial score (nSPS) is 16.2. The molecule has 0 heterocycles. The molecule has 0 aromatic heterocycles. The fourth-order valence-corrected chi connectivity index (χ4v) is 2.61. The molecule has 1 amide bonds. The van der Waals surface area contributed by atoms with Gasteiger partial charge in [-0.3, -0.25) is 4.79 Å². The smallest absolute Gasteiger partial charge is 0.244 e. The fourth-order valence-electron chi connectivity index (χ4n) is 2.61. The van der Waals surface area contributed by atoms with E-state index in [1.165, 1.54) is 32.1 Å². The first kappa shape index (κ1) is 14.6. The Morgan fingerprint density at radius 1 is 1.35 bits per heavy atom. The molecular formula is C17H23NO2. The molecule has 1 saturated carbocycles. The topological polar surface area (TPSA) is 38.3 Å². The van der Waals surface area contributed by atoms with Crippen molar-refractivity contribution in [2.24, 2.45) is 5.92 Å². The lowest BCUT2D eigenvalue weighted by atomic mass is 9.89. The standard InChI is InChI=1S/C17H23NO2/c1-20-16-9-5-8-14(12-16)10-11-17(19)18-13-15-6-3-2-4-7-15/h5,8-12,15H,2-4,6-7,13H2,1H3,(H,18,19)/b11-10+. The highest BCUT2D eigenvalue weighted by atomic mass is 16.5. The van der Waals surface area contributed by atoms with Gasteiger partial charge in [-0.15, -0.1) is 0 Å². The minimum absolute atomic E-state index is 0.0154. The molecule has 1 aliphatic carbocycles. The summed E-state index contributed by atoms with van der Waals surface area (Å²) in [5, 5.41) is 2.99. The number of hydrogen-bond donors (Lipinski definition) is 1. The molecule has 3 heteroatoms. The minimum Gasteiger partial charge on any atom is -0.497 e. The summed E-state index contributed by atoms with van der Waals surface area (Å²) in [5.41, 5.74) is 0.970. The molecule has 0 spiro atoms. The van der Waals surface area contributed by atoms with Gasteiger partial charge < -0.3 is 10.1 Å². The molecule has 0 saturated heterocycles. The van der Waals surface area contributed by atoms with Crippen LogP contribution in [-0.2, 0) is 4.79 Å². The summed E-state index contributed by atoms with van der Waals surface area (Å²) in [6, 6.07) is 7.66. The molecule has 1 aromatic carbocycles. The van der Waals surface area contributed by atoms with Gasteiger partial charge in [-0.25, -0.2) is 0 Å². The highest BCUT2D eigenvalue weighted by Gasteiger charge is 2.13. The van der Waals surface area contributed by atoms with Crippen LogP contribution in [0.3, 0.4) is 0 Å². The summed E-state index contributed by atoms with van der Waals surface area (Å²) < 4.78 is 5.15. The van der Waals surface area contributed by atoms with Gasteiger partial charge in [-0.1, -0.05) is 31.4 Å². The Kier molecular flexibility index (Phi) is 5.66. The van der Waals surface area contributed by atoms with Gasteiger partial charge in [-0.2, -0.15) is 0 Å². The van der Waals surface area contributed by atoms with Crippen LogP contribution in [0.2, 0.25) is 0 Å². The van der Waals surface area contributed by atoms with E-state index in [0.29, 0.717) is 5.92 Å². The van der Waals surface area contributed by atoms with Gasteiger partial charge in [0, 0.05) is 12.6 Å². The first-order valence-electron chi connectivity index (χ1n) is 7.38. The van der Waals surface area contributed by atoms with Crippen molar-refractivity contribution >= 4 is 12.0 Å². The average Bonchev–Trinajstić information content (AvgIpc) is 2.52. The van der Waals surface area contributed by atoms with E-state index in [4.69, 9.17) is 4.74 Å². The third kappa shape index (κ3) is 4.72. The van der Waals surface area contributed by atoms with E-state index in [1.807, 2.05) is 30.3 Å². The summed E-state index contributed by atoms with van der Waals surface area (Å²) in [7, 11) is 1.64. The molecule has 0 unspecified atom stereocenters. The molecule has 1 aliphatic rings. The second-order valence-electron chi connectivity index (χ2n) is 5.36.